The van der Waals surface area contributed by atoms with Gasteiger partial charge in [-0.05, 0) is 54.2 Å². The van der Waals surface area contributed by atoms with Crippen LogP contribution in [0, 0.1) is 0 Å². The van der Waals surface area contributed by atoms with Crippen LogP contribution in [-0.2, 0) is 14.9 Å². The van der Waals surface area contributed by atoms with Crippen LogP contribution >= 0.6 is 0 Å². The molecule has 0 heterocycles. The SMILES string of the molecule is C[C@@H](OC(=O)NC(/C=N\N)=Nc1ccc(-c2ccc(C3(C(=O)O)CC3)cc2)cc1)c1ccccc1. The van der Waals surface area contributed by atoms with Crippen molar-refractivity contribution in [2.24, 2.45) is 15.9 Å². The number of carbonyl (C=O) groups excluding carboxylic acids is 1. The van der Waals surface area contributed by atoms with Gasteiger partial charge in [-0.15, -0.1) is 0 Å². The van der Waals surface area contributed by atoms with Crippen molar-refractivity contribution in [3.05, 3.63) is 90.0 Å². The molecule has 1 atom stereocenters. The van der Waals surface area contributed by atoms with Crippen molar-refractivity contribution < 1.29 is 19.4 Å². The topological polar surface area (TPSA) is 126 Å². The Labute approximate surface area is 203 Å². The molecule has 1 aliphatic carbocycles. The van der Waals surface area contributed by atoms with Gasteiger partial charge in [-0.1, -0.05) is 66.7 Å². The van der Waals surface area contributed by atoms with Crippen LogP contribution in [0.1, 0.15) is 37.0 Å². The maximum atomic E-state index is 12.3. The Balaban J connectivity index is 1.43. The lowest BCUT2D eigenvalue weighted by Gasteiger charge is -2.14. The largest absolute Gasteiger partial charge is 0.481 e. The van der Waals surface area contributed by atoms with Gasteiger partial charge in [0.05, 0.1) is 17.3 Å². The van der Waals surface area contributed by atoms with E-state index < -0.39 is 23.6 Å². The molecule has 35 heavy (non-hydrogen) atoms. The number of nitrogens with two attached hydrogens (primary N) is 1. The number of amidine groups is 1. The molecule has 3 aromatic carbocycles. The van der Waals surface area contributed by atoms with Crippen molar-refractivity contribution in [3.63, 3.8) is 0 Å². The van der Waals surface area contributed by atoms with E-state index in [2.05, 4.69) is 15.4 Å². The standard InChI is InChI=1S/C27H26N4O4/c1-18(19-5-3-2-4-6-19)35-26(34)31-24(17-29-28)30-23-13-9-21(10-14-23)20-7-11-22(12-8-20)27(15-16-27)25(32)33/h2-14,17-18H,15-16,28H2,1H3,(H,32,33)(H,30,31,34)/b29-17-/t18-/m1/s1. The predicted molar refractivity (Wildman–Crippen MR) is 135 cm³/mol. The van der Waals surface area contributed by atoms with Crippen molar-refractivity contribution in [1.82, 2.24) is 5.32 Å². The zero-order chi connectivity index (χ0) is 24.8. The lowest BCUT2D eigenvalue weighted by Crippen LogP contribution is -2.32. The lowest BCUT2D eigenvalue weighted by atomic mass is 9.94. The minimum absolute atomic E-state index is 0.137. The Morgan fingerprint density at radius 1 is 1.00 bits per heavy atom. The summed E-state index contributed by atoms with van der Waals surface area (Å²) in [6, 6.07) is 24.4. The molecule has 1 fully saturated rings. The Morgan fingerprint density at radius 2 is 1.60 bits per heavy atom. The number of benzene rings is 3. The molecule has 178 valence electrons. The molecule has 0 radical (unpaired) electrons. The number of hydrazone groups is 1. The van der Waals surface area contributed by atoms with Crippen molar-refractivity contribution in [1.29, 1.82) is 0 Å². The summed E-state index contributed by atoms with van der Waals surface area (Å²) in [5.74, 6) is 4.65. The van der Waals surface area contributed by atoms with Gasteiger partial charge in [0.2, 0.25) is 0 Å². The smallest absolute Gasteiger partial charge is 0.413 e. The van der Waals surface area contributed by atoms with E-state index >= 15 is 0 Å². The minimum Gasteiger partial charge on any atom is -0.481 e. The first-order chi connectivity index (χ1) is 16.9. The maximum Gasteiger partial charge on any atom is 0.413 e. The minimum atomic E-state index is -0.767. The Kier molecular flexibility index (Phi) is 6.91. The van der Waals surface area contributed by atoms with Crippen molar-refractivity contribution in [3.8, 4) is 11.1 Å². The number of nitrogens with zero attached hydrogens (tertiary/aromatic N) is 2. The van der Waals surface area contributed by atoms with Crippen molar-refractivity contribution >= 4 is 29.8 Å². The molecular weight excluding hydrogens is 444 g/mol. The monoisotopic (exact) mass is 470 g/mol. The summed E-state index contributed by atoms with van der Waals surface area (Å²) < 4.78 is 5.41. The van der Waals surface area contributed by atoms with E-state index in [1.807, 2.05) is 66.7 Å². The van der Waals surface area contributed by atoms with Crippen molar-refractivity contribution in [2.75, 3.05) is 0 Å². The third-order valence-corrected chi connectivity index (χ3v) is 6.03. The number of carbonyl (C=O) groups is 2. The molecule has 4 rings (SSSR count). The van der Waals surface area contributed by atoms with E-state index in [1.54, 1.807) is 19.1 Å². The average Bonchev–Trinajstić information content (AvgIpc) is 3.68. The van der Waals surface area contributed by atoms with Crippen LogP contribution in [0.3, 0.4) is 0 Å². The predicted octanol–water partition coefficient (Wildman–Crippen LogP) is 4.93. The summed E-state index contributed by atoms with van der Waals surface area (Å²) in [7, 11) is 0. The summed E-state index contributed by atoms with van der Waals surface area (Å²) in [4.78, 5) is 28.3. The van der Waals surface area contributed by atoms with Crippen LogP contribution < -0.4 is 11.2 Å². The number of nitrogens with one attached hydrogen (secondary N) is 1. The quantitative estimate of drug-likeness (QED) is 0.195. The molecule has 0 aliphatic heterocycles. The van der Waals surface area contributed by atoms with Crippen LogP contribution in [0.15, 0.2) is 89.0 Å². The highest BCUT2D eigenvalue weighted by Crippen LogP contribution is 2.48. The van der Waals surface area contributed by atoms with E-state index in [9.17, 15) is 14.7 Å². The van der Waals surface area contributed by atoms with Crippen LogP contribution in [0.25, 0.3) is 11.1 Å². The second-order valence-corrected chi connectivity index (χ2v) is 8.37. The van der Waals surface area contributed by atoms with Crippen LogP contribution in [-0.4, -0.2) is 29.2 Å². The fraction of sp³-hybridized carbons (Fsp3) is 0.185. The van der Waals surface area contributed by atoms with Gasteiger partial charge in [0, 0.05) is 0 Å². The highest BCUT2D eigenvalue weighted by molar-refractivity contribution is 6.32. The maximum absolute atomic E-state index is 12.3. The second kappa shape index (κ2) is 10.2. The number of carboxylic acids is 1. The molecule has 0 bridgehead atoms. The summed E-state index contributed by atoms with van der Waals surface area (Å²) in [5.41, 5.74) is 3.48. The molecule has 0 saturated heterocycles. The number of ether oxygens (including phenoxy) is 1. The first-order valence-corrected chi connectivity index (χ1v) is 11.2. The number of hydrogen-bond donors (Lipinski definition) is 3. The average molecular weight is 471 g/mol. The number of aliphatic carboxylic acids is 1. The number of carboxylic acid groups (broad SMARTS) is 1. The van der Waals surface area contributed by atoms with Crippen LogP contribution in [0.2, 0.25) is 0 Å². The number of amides is 1. The molecule has 1 aliphatic rings. The lowest BCUT2D eigenvalue weighted by molar-refractivity contribution is -0.140. The Bertz CT molecular complexity index is 1250. The third kappa shape index (κ3) is 5.55. The molecule has 8 heteroatoms. The molecule has 3 aromatic rings. The zero-order valence-corrected chi connectivity index (χ0v) is 19.2. The van der Waals surface area contributed by atoms with Gasteiger partial charge in [0.1, 0.15) is 6.10 Å². The van der Waals surface area contributed by atoms with E-state index in [0.717, 1.165) is 22.3 Å². The molecule has 0 spiro atoms. The number of alkyl carbamates (subject to hydrolysis) is 1. The van der Waals surface area contributed by atoms with Gasteiger partial charge in [0.15, 0.2) is 5.84 Å². The molecular formula is C27H26N4O4. The number of rotatable bonds is 7. The van der Waals surface area contributed by atoms with E-state index in [4.69, 9.17) is 10.6 Å². The molecule has 8 nitrogen and oxygen atoms in total. The fourth-order valence-electron chi connectivity index (χ4n) is 3.85. The van der Waals surface area contributed by atoms with Gasteiger partial charge >= 0.3 is 12.1 Å². The molecule has 0 aromatic heterocycles. The van der Waals surface area contributed by atoms with E-state index in [0.29, 0.717) is 18.5 Å². The van der Waals surface area contributed by atoms with Crippen LogP contribution in [0.4, 0.5) is 10.5 Å². The van der Waals surface area contributed by atoms with Crippen LogP contribution in [0.5, 0.6) is 0 Å². The highest BCUT2D eigenvalue weighted by atomic mass is 16.6. The normalized spacial score (nSPS) is 15.4. The molecule has 0 unspecified atom stereocenters. The summed E-state index contributed by atoms with van der Waals surface area (Å²) in [6.45, 7) is 1.78. The molecule has 1 amide bonds. The third-order valence-electron chi connectivity index (χ3n) is 6.03. The molecule has 1 saturated carbocycles. The first-order valence-electron chi connectivity index (χ1n) is 11.2. The summed E-state index contributed by atoms with van der Waals surface area (Å²) in [6.07, 6.45) is 1.47. The molecule has 4 N–H and O–H groups in total. The Hall–Kier alpha value is -4.46. The van der Waals surface area contributed by atoms with E-state index in [1.165, 1.54) is 6.21 Å². The van der Waals surface area contributed by atoms with Gasteiger partial charge in [-0.3, -0.25) is 10.1 Å². The first kappa shape index (κ1) is 23.7. The summed E-state index contributed by atoms with van der Waals surface area (Å²) in [5, 5.41) is 15.5. The Morgan fingerprint density at radius 3 is 2.14 bits per heavy atom. The zero-order valence-electron chi connectivity index (χ0n) is 19.2. The second-order valence-electron chi connectivity index (χ2n) is 8.37. The number of aliphatic imine (C=N–C) groups is 1. The van der Waals surface area contributed by atoms with E-state index in [-0.39, 0.29) is 5.84 Å². The van der Waals surface area contributed by atoms with Gasteiger partial charge in [-0.25, -0.2) is 9.79 Å². The highest BCUT2D eigenvalue weighted by Gasteiger charge is 2.51. The van der Waals surface area contributed by atoms with Gasteiger partial charge in [-0.2, -0.15) is 5.10 Å². The van der Waals surface area contributed by atoms with Crippen molar-refractivity contribution in [2.45, 2.75) is 31.3 Å². The fourth-order valence-corrected chi connectivity index (χ4v) is 3.85. The van der Waals surface area contributed by atoms with Gasteiger partial charge in [0.25, 0.3) is 0 Å². The summed E-state index contributed by atoms with van der Waals surface area (Å²) >= 11 is 0. The number of hydrogen-bond acceptors (Lipinski definition) is 6. The van der Waals surface area contributed by atoms with Gasteiger partial charge < -0.3 is 15.7 Å².